The van der Waals surface area contributed by atoms with E-state index in [-0.39, 0.29) is 50.5 Å². The van der Waals surface area contributed by atoms with Crippen molar-refractivity contribution in [3.8, 4) is 0 Å². The third-order valence-corrected chi connectivity index (χ3v) is 5.55. The van der Waals surface area contributed by atoms with Gasteiger partial charge in [-0.2, -0.15) is 13.2 Å². The molecule has 3 rings (SSSR count). The summed E-state index contributed by atoms with van der Waals surface area (Å²) in [4.78, 5) is 41.4. The van der Waals surface area contributed by atoms with Crippen molar-refractivity contribution in [2.24, 2.45) is 0 Å². The second-order valence-electron chi connectivity index (χ2n) is 7.69. The van der Waals surface area contributed by atoms with Gasteiger partial charge in [0.05, 0.1) is 12.1 Å². The van der Waals surface area contributed by atoms with Crippen LogP contribution in [0.3, 0.4) is 0 Å². The van der Waals surface area contributed by atoms with E-state index in [9.17, 15) is 32.7 Å². The fraction of sp³-hybridized carbons (Fsp3) is 0.526. The van der Waals surface area contributed by atoms with E-state index in [0.717, 1.165) is 17.0 Å². The second kappa shape index (κ2) is 7.23. The predicted octanol–water partition coefficient (Wildman–Crippen LogP) is 2.41. The normalized spacial score (nSPS) is 22.9. The number of benzene rings is 1. The molecule has 2 saturated heterocycles. The summed E-state index contributed by atoms with van der Waals surface area (Å²) in [6, 6.07) is 4.16. The third kappa shape index (κ3) is 3.75. The van der Waals surface area contributed by atoms with E-state index in [1.807, 2.05) is 0 Å². The van der Waals surface area contributed by atoms with Crippen LogP contribution in [0.25, 0.3) is 0 Å². The highest BCUT2D eigenvalue weighted by molar-refractivity contribution is 5.99. The number of nitrogens with zero attached hydrogens (tertiary/aromatic N) is 3. The predicted molar refractivity (Wildman–Crippen MR) is 95.8 cm³/mol. The van der Waals surface area contributed by atoms with Crippen molar-refractivity contribution in [2.45, 2.75) is 44.6 Å². The fourth-order valence-electron chi connectivity index (χ4n) is 3.91. The first-order valence-corrected chi connectivity index (χ1v) is 9.21. The number of rotatable bonds is 3. The zero-order valence-electron chi connectivity index (χ0n) is 16.1. The summed E-state index contributed by atoms with van der Waals surface area (Å²) < 4.78 is 38.4. The van der Waals surface area contributed by atoms with Crippen LogP contribution in [-0.4, -0.2) is 68.9 Å². The smallest absolute Gasteiger partial charge is 0.416 e. The molecule has 1 unspecified atom stereocenters. The molecule has 0 saturated carbocycles. The van der Waals surface area contributed by atoms with Crippen LogP contribution in [0.15, 0.2) is 24.3 Å². The Kier molecular flexibility index (Phi) is 5.22. The van der Waals surface area contributed by atoms with Crippen LogP contribution in [0.4, 0.5) is 18.0 Å². The van der Waals surface area contributed by atoms with Gasteiger partial charge in [0.15, 0.2) is 0 Å². The molecule has 0 radical (unpaired) electrons. The molecule has 0 bridgehead atoms. The lowest BCUT2D eigenvalue weighted by atomic mass is 9.89. The number of alkyl halides is 3. The number of hydrogen-bond acceptors (Lipinski definition) is 3. The van der Waals surface area contributed by atoms with Crippen LogP contribution in [-0.2, 0) is 22.3 Å². The van der Waals surface area contributed by atoms with Gasteiger partial charge in [-0.15, -0.1) is 0 Å². The molecule has 0 aliphatic carbocycles. The zero-order valence-corrected chi connectivity index (χ0v) is 16.1. The number of carbonyl (C=O) groups excluding carboxylic acids is 2. The lowest BCUT2D eigenvalue weighted by Crippen LogP contribution is -2.69. The summed E-state index contributed by atoms with van der Waals surface area (Å²) in [5.41, 5.74) is -1.72. The number of hydrogen-bond donors (Lipinski definition) is 1. The highest BCUT2D eigenvalue weighted by Gasteiger charge is 2.57. The first kappa shape index (κ1) is 20.9. The Morgan fingerprint density at radius 2 is 1.83 bits per heavy atom. The van der Waals surface area contributed by atoms with Crippen LogP contribution >= 0.6 is 0 Å². The van der Waals surface area contributed by atoms with Gasteiger partial charge in [-0.3, -0.25) is 9.59 Å². The second-order valence-corrected chi connectivity index (χ2v) is 7.69. The van der Waals surface area contributed by atoms with Crippen LogP contribution in [0.5, 0.6) is 0 Å². The lowest BCUT2D eigenvalue weighted by Gasteiger charge is -2.48. The molecule has 2 fully saturated rings. The van der Waals surface area contributed by atoms with Crippen molar-refractivity contribution in [1.82, 2.24) is 14.7 Å². The third-order valence-electron chi connectivity index (χ3n) is 5.55. The van der Waals surface area contributed by atoms with E-state index in [1.165, 1.54) is 21.9 Å². The number of carbonyl (C=O) groups is 3. The minimum Gasteiger partial charge on any atom is -0.465 e. The molecule has 1 aromatic rings. The summed E-state index contributed by atoms with van der Waals surface area (Å²) in [5, 5.41) is 9.33. The molecular formula is C19H22F3N3O4. The van der Waals surface area contributed by atoms with Crippen molar-refractivity contribution in [3.63, 3.8) is 0 Å². The number of halogens is 3. The Hall–Kier alpha value is -2.78. The Morgan fingerprint density at radius 1 is 1.21 bits per heavy atom. The summed E-state index contributed by atoms with van der Waals surface area (Å²) in [7, 11) is 0. The molecule has 29 heavy (non-hydrogen) atoms. The maximum atomic E-state index is 13.3. The highest BCUT2D eigenvalue weighted by atomic mass is 19.4. The van der Waals surface area contributed by atoms with E-state index in [4.69, 9.17) is 0 Å². The molecule has 1 N–H and O–H groups in total. The van der Waals surface area contributed by atoms with Gasteiger partial charge in [-0.25, -0.2) is 4.79 Å². The van der Waals surface area contributed by atoms with Crippen LogP contribution < -0.4 is 0 Å². The number of carboxylic acid groups (broad SMARTS) is 1. The van der Waals surface area contributed by atoms with Crippen molar-refractivity contribution >= 4 is 17.9 Å². The van der Waals surface area contributed by atoms with Gasteiger partial charge in [0.2, 0.25) is 5.91 Å². The molecule has 1 atom stereocenters. The molecular weight excluding hydrogens is 391 g/mol. The molecule has 2 heterocycles. The summed E-state index contributed by atoms with van der Waals surface area (Å²) in [6.45, 7) is 3.28. The van der Waals surface area contributed by atoms with E-state index < -0.39 is 23.4 Å². The van der Waals surface area contributed by atoms with Gasteiger partial charge in [-0.1, -0.05) is 12.1 Å². The minimum atomic E-state index is -4.47. The average molecular weight is 413 g/mol. The molecule has 2 aliphatic rings. The molecule has 7 nitrogen and oxygen atoms in total. The van der Waals surface area contributed by atoms with Gasteiger partial charge in [0.1, 0.15) is 12.1 Å². The van der Waals surface area contributed by atoms with Crippen molar-refractivity contribution in [2.75, 3.05) is 19.6 Å². The van der Waals surface area contributed by atoms with Crippen molar-refractivity contribution < 1.29 is 32.7 Å². The van der Waals surface area contributed by atoms with Gasteiger partial charge in [-0.05, 0) is 38.0 Å². The number of amides is 3. The zero-order chi connectivity index (χ0) is 21.6. The quantitative estimate of drug-likeness (QED) is 0.825. The fourth-order valence-corrected chi connectivity index (χ4v) is 3.91. The Bertz CT molecular complexity index is 825. The maximum Gasteiger partial charge on any atom is 0.416 e. The maximum absolute atomic E-state index is 13.3. The first-order chi connectivity index (χ1) is 13.5. The molecule has 1 aromatic carbocycles. The van der Waals surface area contributed by atoms with Gasteiger partial charge < -0.3 is 19.8 Å². The average Bonchev–Trinajstić information content (AvgIpc) is 3.08. The van der Waals surface area contributed by atoms with E-state index in [0.29, 0.717) is 5.56 Å². The van der Waals surface area contributed by atoms with Crippen LogP contribution in [0.1, 0.15) is 31.4 Å². The SMILES string of the molecule is CC(C)N1CC(=O)N(Cc2ccc(C(F)(F)F)cc2)C2(CCN(C(=O)O)C2)C1=O. The summed E-state index contributed by atoms with van der Waals surface area (Å²) in [6.07, 6.45) is -5.51. The monoisotopic (exact) mass is 413 g/mol. The Morgan fingerprint density at radius 3 is 2.31 bits per heavy atom. The molecule has 10 heteroatoms. The van der Waals surface area contributed by atoms with Gasteiger partial charge in [0.25, 0.3) is 5.91 Å². The topological polar surface area (TPSA) is 81.2 Å². The number of piperazine rings is 1. The van der Waals surface area contributed by atoms with E-state index in [1.54, 1.807) is 13.8 Å². The van der Waals surface area contributed by atoms with Crippen LogP contribution in [0, 0.1) is 0 Å². The largest absolute Gasteiger partial charge is 0.465 e. The minimum absolute atomic E-state index is 0.0674. The number of likely N-dealkylation sites (tertiary alicyclic amines) is 1. The van der Waals surface area contributed by atoms with E-state index >= 15 is 0 Å². The molecule has 3 amide bonds. The molecule has 158 valence electrons. The summed E-state index contributed by atoms with van der Waals surface area (Å²) >= 11 is 0. The van der Waals surface area contributed by atoms with Crippen LogP contribution in [0.2, 0.25) is 0 Å². The Balaban J connectivity index is 1.93. The lowest BCUT2D eigenvalue weighted by molar-refractivity contribution is -0.166. The molecule has 2 aliphatic heterocycles. The van der Waals surface area contributed by atoms with E-state index in [2.05, 4.69) is 0 Å². The van der Waals surface area contributed by atoms with Crippen molar-refractivity contribution in [1.29, 1.82) is 0 Å². The van der Waals surface area contributed by atoms with Gasteiger partial charge in [0, 0.05) is 19.1 Å². The molecule has 0 aromatic heterocycles. The standard InChI is InChI=1S/C19H22F3N3O4/c1-12(2)24-10-15(26)25(9-13-3-5-14(6-4-13)19(20,21)22)18(16(24)27)7-8-23(11-18)17(28)29/h3-6,12H,7-11H2,1-2H3,(H,28,29). The summed E-state index contributed by atoms with van der Waals surface area (Å²) in [5.74, 6) is -0.687. The van der Waals surface area contributed by atoms with Crippen molar-refractivity contribution in [3.05, 3.63) is 35.4 Å². The van der Waals surface area contributed by atoms with Gasteiger partial charge >= 0.3 is 12.3 Å². The molecule has 1 spiro atoms. The Labute approximate surface area is 165 Å². The highest BCUT2D eigenvalue weighted by Crippen LogP contribution is 2.36. The first-order valence-electron chi connectivity index (χ1n) is 9.21.